The van der Waals surface area contributed by atoms with Gasteiger partial charge in [0, 0.05) is 12.3 Å². The van der Waals surface area contributed by atoms with Gasteiger partial charge in [-0.15, -0.1) is 23.2 Å². The predicted octanol–water partition coefficient (Wildman–Crippen LogP) is 5.95. The second kappa shape index (κ2) is 10.3. The number of allylic oxidation sites excluding steroid dienone is 1. The van der Waals surface area contributed by atoms with Crippen molar-refractivity contribution in [2.45, 2.75) is 43.0 Å². The van der Waals surface area contributed by atoms with Gasteiger partial charge in [-0.05, 0) is 73.2 Å². The van der Waals surface area contributed by atoms with Crippen LogP contribution in [0.2, 0.25) is 0 Å². The van der Waals surface area contributed by atoms with Gasteiger partial charge in [-0.2, -0.15) is 5.10 Å². The molecule has 2 saturated carbocycles. The molecule has 38 heavy (non-hydrogen) atoms. The van der Waals surface area contributed by atoms with E-state index in [1.54, 1.807) is 21.1 Å². The van der Waals surface area contributed by atoms with Crippen molar-refractivity contribution >= 4 is 46.9 Å². The number of methoxy groups -OCH3 is 2. The highest BCUT2D eigenvalue weighted by molar-refractivity contribution is 6.53. The number of hydrazone groups is 1. The Morgan fingerprint density at radius 3 is 2.24 bits per heavy atom. The lowest BCUT2D eigenvalue weighted by Gasteiger charge is -2.29. The Balaban J connectivity index is 1.43. The molecule has 2 aromatic carbocycles. The second-order valence-corrected chi connectivity index (χ2v) is 11.7. The molecule has 5 rings (SSSR count). The van der Waals surface area contributed by atoms with Crippen molar-refractivity contribution in [2.24, 2.45) is 16.4 Å². The molecule has 3 aliphatic rings. The number of carbonyl (C=O) groups excluding carboxylic acids is 2. The van der Waals surface area contributed by atoms with Gasteiger partial charge in [0.25, 0.3) is 5.91 Å². The summed E-state index contributed by atoms with van der Waals surface area (Å²) in [6.07, 6.45) is 5.13. The van der Waals surface area contributed by atoms with Crippen LogP contribution in [0.25, 0.3) is 6.08 Å². The number of fused-ring (bicyclic) bond motifs is 1. The molecule has 3 atom stereocenters. The van der Waals surface area contributed by atoms with Gasteiger partial charge < -0.3 is 14.2 Å². The van der Waals surface area contributed by atoms with Crippen LogP contribution in [0.5, 0.6) is 11.5 Å². The maximum atomic E-state index is 13.5. The van der Waals surface area contributed by atoms with E-state index in [1.165, 1.54) is 5.01 Å². The van der Waals surface area contributed by atoms with E-state index in [9.17, 15) is 9.59 Å². The Morgan fingerprint density at radius 2 is 1.66 bits per heavy atom. The van der Waals surface area contributed by atoms with Gasteiger partial charge in [-0.3, -0.25) is 9.59 Å². The number of hydrogen-bond donors (Lipinski definition) is 0. The number of halogens is 2. The van der Waals surface area contributed by atoms with Gasteiger partial charge in [0.05, 0.1) is 26.0 Å². The molecule has 200 valence electrons. The number of esters is 1. The van der Waals surface area contributed by atoms with Crippen molar-refractivity contribution in [3.63, 3.8) is 0 Å². The van der Waals surface area contributed by atoms with E-state index in [-0.39, 0.29) is 18.4 Å². The molecule has 1 heterocycles. The number of carbonyl (C=O) groups is 2. The zero-order valence-electron chi connectivity index (χ0n) is 21.6. The average molecular weight is 557 g/mol. The Kier molecular flexibility index (Phi) is 7.18. The van der Waals surface area contributed by atoms with Crippen LogP contribution in [-0.4, -0.2) is 47.8 Å². The molecule has 2 aliphatic carbocycles. The molecule has 0 N–H and O–H groups in total. The van der Waals surface area contributed by atoms with Crippen LogP contribution in [0.1, 0.15) is 49.8 Å². The van der Waals surface area contributed by atoms with Crippen molar-refractivity contribution in [3.8, 4) is 11.5 Å². The molecule has 0 aromatic heterocycles. The Labute approximate surface area is 232 Å². The third kappa shape index (κ3) is 4.90. The van der Waals surface area contributed by atoms with E-state index in [4.69, 9.17) is 42.5 Å². The van der Waals surface area contributed by atoms with Crippen molar-refractivity contribution < 1.29 is 23.8 Å². The fraction of sp³-hybridized carbons (Fsp3) is 0.414. The normalized spacial score (nSPS) is 26.4. The third-order valence-electron chi connectivity index (χ3n) is 7.71. The first-order valence-electron chi connectivity index (χ1n) is 12.6. The SMILES string of the molecule is COc1ccc(/C=C2\CCC[C@H]3C2=NN(C(=O)COC(=O)[C@@]2(C)CC2(Cl)Cl)[C@@H]3c2ccc(OC)cc2)cc1. The first-order valence-corrected chi connectivity index (χ1v) is 13.4. The first kappa shape index (κ1) is 26.6. The van der Waals surface area contributed by atoms with E-state index >= 15 is 0 Å². The number of benzene rings is 2. The molecular formula is C29H30Cl2N2O5. The molecule has 2 fully saturated rings. The summed E-state index contributed by atoms with van der Waals surface area (Å²) in [4.78, 5) is 26.1. The summed E-state index contributed by atoms with van der Waals surface area (Å²) >= 11 is 12.2. The van der Waals surface area contributed by atoms with Crippen molar-refractivity contribution in [3.05, 3.63) is 65.2 Å². The minimum atomic E-state index is -1.16. The average Bonchev–Trinajstić information content (AvgIpc) is 3.25. The maximum Gasteiger partial charge on any atom is 0.315 e. The fourth-order valence-corrected chi connectivity index (χ4v) is 5.91. The zero-order valence-corrected chi connectivity index (χ0v) is 23.1. The smallest absolute Gasteiger partial charge is 0.315 e. The lowest BCUT2D eigenvalue weighted by molar-refractivity contribution is -0.157. The summed E-state index contributed by atoms with van der Waals surface area (Å²) < 4.78 is 14.8. The lowest BCUT2D eigenvalue weighted by Crippen LogP contribution is -2.35. The van der Waals surface area contributed by atoms with Crippen LogP contribution in [0, 0.1) is 11.3 Å². The Hall–Kier alpha value is -3.03. The van der Waals surface area contributed by atoms with Crippen molar-refractivity contribution in [2.75, 3.05) is 20.8 Å². The second-order valence-electron chi connectivity index (χ2n) is 10.2. The van der Waals surface area contributed by atoms with Gasteiger partial charge in [0.15, 0.2) is 6.61 Å². The standard InChI is InChI=1S/C29H30Cl2N2O5/c1-28(17-29(28,30)31)27(35)38-16-24(34)33-26(19-9-13-22(37-3)14-10-19)23-6-4-5-20(25(23)32-33)15-18-7-11-21(36-2)12-8-18/h7-15,23,26H,4-6,16-17H2,1-3H3/b20-15+/t23-,26+,28+/m0/s1. The lowest BCUT2D eigenvalue weighted by atomic mass is 9.77. The number of hydrogen-bond acceptors (Lipinski definition) is 6. The van der Waals surface area contributed by atoms with Crippen LogP contribution in [0.3, 0.4) is 0 Å². The summed E-state index contributed by atoms with van der Waals surface area (Å²) in [6, 6.07) is 15.2. The molecule has 0 radical (unpaired) electrons. The van der Waals surface area contributed by atoms with Crippen LogP contribution >= 0.6 is 23.2 Å². The third-order valence-corrected chi connectivity index (χ3v) is 8.81. The minimum absolute atomic E-state index is 0.0144. The van der Waals surface area contributed by atoms with Gasteiger partial charge in [-0.1, -0.05) is 24.3 Å². The maximum absolute atomic E-state index is 13.5. The predicted molar refractivity (Wildman–Crippen MR) is 146 cm³/mol. The Bertz CT molecular complexity index is 1290. The molecule has 1 amide bonds. The van der Waals surface area contributed by atoms with Crippen molar-refractivity contribution in [1.29, 1.82) is 0 Å². The van der Waals surface area contributed by atoms with Crippen LogP contribution in [-0.2, 0) is 14.3 Å². The van der Waals surface area contributed by atoms with Crippen LogP contribution in [0.4, 0.5) is 0 Å². The number of ether oxygens (including phenoxy) is 3. The van der Waals surface area contributed by atoms with Gasteiger partial charge >= 0.3 is 5.97 Å². The summed E-state index contributed by atoms with van der Waals surface area (Å²) in [5, 5.41) is 6.32. The zero-order chi connectivity index (χ0) is 27.1. The van der Waals surface area contributed by atoms with E-state index in [0.29, 0.717) is 0 Å². The Morgan fingerprint density at radius 1 is 1.05 bits per heavy atom. The molecule has 0 spiro atoms. The van der Waals surface area contributed by atoms with Gasteiger partial charge in [0.2, 0.25) is 0 Å². The minimum Gasteiger partial charge on any atom is -0.497 e. The summed E-state index contributed by atoms with van der Waals surface area (Å²) in [5.74, 6) is 0.552. The van der Waals surface area contributed by atoms with E-state index in [1.807, 2.05) is 48.5 Å². The summed E-state index contributed by atoms with van der Waals surface area (Å²) in [5.41, 5.74) is 2.95. The molecule has 7 nitrogen and oxygen atoms in total. The number of amides is 1. The molecule has 0 saturated heterocycles. The molecule has 9 heteroatoms. The molecule has 1 aliphatic heterocycles. The molecular weight excluding hydrogens is 527 g/mol. The van der Waals surface area contributed by atoms with Crippen LogP contribution < -0.4 is 9.47 Å². The number of rotatable bonds is 7. The highest BCUT2D eigenvalue weighted by atomic mass is 35.5. The largest absolute Gasteiger partial charge is 0.497 e. The van der Waals surface area contributed by atoms with Gasteiger partial charge in [0.1, 0.15) is 21.2 Å². The highest BCUT2D eigenvalue weighted by Crippen LogP contribution is 2.64. The number of alkyl halides is 2. The van der Waals surface area contributed by atoms with E-state index in [0.717, 1.165) is 53.2 Å². The topological polar surface area (TPSA) is 77.4 Å². The molecule has 2 aromatic rings. The highest BCUT2D eigenvalue weighted by Gasteiger charge is 2.69. The van der Waals surface area contributed by atoms with Crippen molar-refractivity contribution in [1.82, 2.24) is 5.01 Å². The van der Waals surface area contributed by atoms with E-state index in [2.05, 4.69) is 6.08 Å². The molecule has 0 unspecified atom stereocenters. The summed E-state index contributed by atoms with van der Waals surface area (Å²) in [6.45, 7) is 1.20. The van der Waals surface area contributed by atoms with Gasteiger partial charge in [-0.25, -0.2) is 5.01 Å². The summed E-state index contributed by atoms with van der Waals surface area (Å²) in [7, 11) is 3.26. The van der Waals surface area contributed by atoms with E-state index < -0.39 is 28.2 Å². The number of nitrogens with zero attached hydrogens (tertiary/aromatic N) is 2. The molecule has 0 bridgehead atoms. The monoisotopic (exact) mass is 556 g/mol. The first-order chi connectivity index (χ1) is 18.2. The fourth-order valence-electron chi connectivity index (χ4n) is 5.22. The van der Waals surface area contributed by atoms with Crippen LogP contribution in [0.15, 0.2) is 59.2 Å². The quantitative estimate of drug-likeness (QED) is 0.311.